The maximum absolute atomic E-state index is 12.7. The van der Waals surface area contributed by atoms with Crippen LogP contribution in [-0.4, -0.2) is 62.9 Å². The highest BCUT2D eigenvalue weighted by atomic mass is 32.2. The van der Waals surface area contributed by atoms with Crippen molar-refractivity contribution in [2.45, 2.75) is 32.8 Å². The minimum atomic E-state index is -4.25. The average molecular weight is 597 g/mol. The monoisotopic (exact) mass is 596 g/mol. The molecular weight excluding hydrogens is 560 g/mol. The molecule has 3 N–H and O–H groups in total. The number of hydrogen-bond acceptors (Lipinski definition) is 7. The molecule has 0 aromatic heterocycles. The highest BCUT2D eigenvalue weighted by molar-refractivity contribution is 7.85. The van der Waals surface area contributed by atoms with Gasteiger partial charge in [-0.3, -0.25) is 19.4 Å². The van der Waals surface area contributed by atoms with Gasteiger partial charge in [-0.1, -0.05) is 0 Å². The lowest BCUT2D eigenvalue weighted by molar-refractivity contribution is 0.0635. The fraction of sp³-hybridized carbons (Fsp3) is 0.300. The Morgan fingerprint density at radius 2 is 1.14 bits per heavy atom. The summed E-state index contributed by atoms with van der Waals surface area (Å²) in [5.41, 5.74) is 2.61. The molecule has 0 atom stereocenters. The number of nitrogens with zero attached hydrogens (tertiary/aromatic N) is 1. The van der Waals surface area contributed by atoms with Crippen molar-refractivity contribution in [1.82, 2.24) is 4.48 Å². The van der Waals surface area contributed by atoms with Gasteiger partial charge in [-0.2, -0.15) is 0 Å². The van der Waals surface area contributed by atoms with E-state index in [2.05, 4.69) is 16.0 Å². The molecule has 0 aliphatic rings. The molecule has 3 aromatic carbocycles. The molecule has 0 aliphatic heterocycles. The van der Waals surface area contributed by atoms with E-state index in [-0.39, 0.29) is 18.2 Å². The van der Waals surface area contributed by atoms with Gasteiger partial charge in [0.1, 0.15) is 11.3 Å². The third-order valence-corrected chi connectivity index (χ3v) is 6.92. The van der Waals surface area contributed by atoms with Gasteiger partial charge in [0.15, 0.2) is 0 Å². The van der Waals surface area contributed by atoms with Gasteiger partial charge in [0.05, 0.1) is 30.8 Å². The van der Waals surface area contributed by atoms with E-state index in [1.807, 2.05) is 26.2 Å². The van der Waals surface area contributed by atoms with Gasteiger partial charge in [-0.25, -0.2) is 13.2 Å². The second-order valence-electron chi connectivity index (χ2n) is 11.3. The van der Waals surface area contributed by atoms with Crippen LogP contribution in [0, 0.1) is 0 Å². The summed E-state index contributed by atoms with van der Waals surface area (Å²) >= 11 is 0. The van der Waals surface area contributed by atoms with E-state index in [4.69, 9.17) is 4.74 Å². The van der Waals surface area contributed by atoms with Crippen molar-refractivity contribution in [3.63, 3.8) is 0 Å². The quantitative estimate of drug-likeness (QED) is 0.219. The van der Waals surface area contributed by atoms with E-state index in [9.17, 15) is 27.4 Å². The third kappa shape index (κ3) is 10.3. The molecule has 0 unspecified atom stereocenters. The molecule has 0 bridgehead atoms. The summed E-state index contributed by atoms with van der Waals surface area (Å²) in [6, 6.07) is 19.9. The number of ether oxygens (including phenoxy) is 1. The summed E-state index contributed by atoms with van der Waals surface area (Å²) in [6.45, 7) is 5.76. The zero-order valence-corrected chi connectivity index (χ0v) is 25.1. The zero-order chi connectivity index (χ0) is 31.1. The Labute approximate surface area is 246 Å². The van der Waals surface area contributed by atoms with Gasteiger partial charge in [-0.15, -0.1) is 0 Å². The number of quaternary nitrogens is 1. The second-order valence-corrected chi connectivity index (χ2v) is 12.8. The summed E-state index contributed by atoms with van der Waals surface area (Å²) < 4.78 is 38.2. The van der Waals surface area contributed by atoms with Gasteiger partial charge in [0.2, 0.25) is 0 Å². The van der Waals surface area contributed by atoms with Crippen molar-refractivity contribution < 1.29 is 32.1 Å². The number of hydrogen-bond donors (Lipinski definition) is 3. The summed E-state index contributed by atoms with van der Waals surface area (Å²) in [4.78, 5) is 37.3. The Morgan fingerprint density at radius 1 is 0.738 bits per heavy atom. The van der Waals surface area contributed by atoms with Crippen molar-refractivity contribution in [2.75, 3.05) is 42.3 Å². The molecule has 0 saturated heterocycles. The summed E-state index contributed by atoms with van der Waals surface area (Å²) in [5.74, 6) is -1.09. The van der Waals surface area contributed by atoms with E-state index < -0.39 is 27.6 Å². The van der Waals surface area contributed by atoms with Crippen LogP contribution in [0.25, 0.3) is 0 Å². The second kappa shape index (κ2) is 13.1. The molecule has 12 heteroatoms. The summed E-state index contributed by atoms with van der Waals surface area (Å²) in [6.07, 6.45) is -0.346. The van der Waals surface area contributed by atoms with E-state index in [1.54, 1.807) is 81.4 Å². The van der Waals surface area contributed by atoms with E-state index in [0.29, 0.717) is 39.2 Å². The molecule has 3 aromatic rings. The van der Waals surface area contributed by atoms with E-state index in [1.165, 1.54) is 0 Å². The predicted octanol–water partition coefficient (Wildman–Crippen LogP) is 5.04. The number of amides is 3. The average Bonchev–Trinajstić information content (AvgIpc) is 2.88. The Morgan fingerprint density at radius 3 is 1.55 bits per heavy atom. The van der Waals surface area contributed by atoms with Crippen LogP contribution in [0.2, 0.25) is 0 Å². The van der Waals surface area contributed by atoms with Gasteiger partial charge in [0.25, 0.3) is 11.8 Å². The van der Waals surface area contributed by atoms with Crippen LogP contribution in [0.4, 0.5) is 27.5 Å². The number of rotatable bonds is 10. The highest BCUT2D eigenvalue weighted by Gasteiger charge is 2.19. The van der Waals surface area contributed by atoms with Crippen LogP contribution in [-0.2, 0) is 14.9 Å². The molecule has 0 spiro atoms. The van der Waals surface area contributed by atoms with Crippen molar-refractivity contribution in [3.8, 4) is 0 Å². The molecule has 0 saturated carbocycles. The maximum atomic E-state index is 12.7. The topological polar surface area (TPSA) is 154 Å². The van der Waals surface area contributed by atoms with Gasteiger partial charge in [0, 0.05) is 52.5 Å². The number of anilines is 3. The Hall–Kier alpha value is -4.26. The molecule has 42 heavy (non-hydrogen) atoms. The minimum Gasteiger partial charge on any atom is -0.748 e. The largest absolute Gasteiger partial charge is 0.748 e. The van der Waals surface area contributed by atoms with E-state index >= 15 is 0 Å². The van der Waals surface area contributed by atoms with Crippen molar-refractivity contribution >= 4 is 50.8 Å². The standard InChI is InChI=1S/C30H36N4O7S/c1-30(2,3)41-29(37)33-25-13-9-22(10-14-25)27(35)31-23-11-7-21(8-12-23)28(36)32-24-15-17-26(18-16-24)34(4,5)19-6-20-42(38,39)40/h7-18H,6,19-20H2,1-5H3,(H3-,31,32,33,35,36,37,38,39,40). The lowest BCUT2D eigenvalue weighted by Gasteiger charge is -2.29. The van der Waals surface area contributed by atoms with Crippen LogP contribution < -0.4 is 20.4 Å². The molecule has 3 rings (SSSR count). The van der Waals surface area contributed by atoms with Crippen molar-refractivity contribution in [3.05, 3.63) is 83.9 Å². The van der Waals surface area contributed by atoms with Crippen molar-refractivity contribution in [1.29, 1.82) is 0 Å². The SMILES string of the molecule is CC(C)(C)OC(=O)Nc1ccc(C(=O)Nc2ccc(C(=O)Nc3ccc([N+](C)(C)CCCS(=O)(=O)[O-])cc3)cc2)cc1. The molecule has 0 aliphatic carbocycles. The van der Waals surface area contributed by atoms with Crippen molar-refractivity contribution in [2.24, 2.45) is 0 Å². The number of nitrogens with one attached hydrogen (secondary N) is 3. The lowest BCUT2D eigenvalue weighted by Crippen LogP contribution is -2.41. The molecule has 3 amide bonds. The molecule has 0 fully saturated rings. The van der Waals surface area contributed by atoms with Crippen LogP contribution >= 0.6 is 0 Å². The highest BCUT2D eigenvalue weighted by Crippen LogP contribution is 2.23. The lowest BCUT2D eigenvalue weighted by atomic mass is 10.1. The van der Waals surface area contributed by atoms with Crippen LogP contribution in [0.3, 0.4) is 0 Å². The predicted molar refractivity (Wildman–Crippen MR) is 163 cm³/mol. The first-order valence-corrected chi connectivity index (χ1v) is 14.8. The third-order valence-electron chi connectivity index (χ3n) is 6.13. The zero-order valence-electron chi connectivity index (χ0n) is 24.3. The van der Waals surface area contributed by atoms with Crippen LogP contribution in [0.15, 0.2) is 72.8 Å². The molecule has 224 valence electrons. The first-order valence-electron chi connectivity index (χ1n) is 13.2. The summed E-state index contributed by atoms with van der Waals surface area (Å²) in [5, 5.41) is 8.21. The fourth-order valence-electron chi connectivity index (χ4n) is 3.95. The molecular formula is C30H36N4O7S. The molecule has 0 radical (unpaired) electrons. The Bertz CT molecular complexity index is 1510. The molecule has 0 heterocycles. The fourth-order valence-corrected chi connectivity index (χ4v) is 4.43. The first-order chi connectivity index (χ1) is 19.5. The van der Waals surface area contributed by atoms with Gasteiger partial charge >= 0.3 is 6.09 Å². The summed E-state index contributed by atoms with van der Waals surface area (Å²) in [7, 11) is -0.435. The molecule has 11 nitrogen and oxygen atoms in total. The normalized spacial score (nSPS) is 11.9. The number of benzene rings is 3. The number of carbonyl (C=O) groups excluding carboxylic acids is 3. The Kier molecular flexibility index (Phi) is 10.1. The van der Waals surface area contributed by atoms with Gasteiger partial charge in [-0.05, 0) is 81.4 Å². The minimum absolute atomic E-state index is 0.243. The Balaban J connectivity index is 1.53. The maximum Gasteiger partial charge on any atom is 0.412 e. The first kappa shape index (κ1) is 32.3. The van der Waals surface area contributed by atoms with Crippen LogP contribution in [0.5, 0.6) is 0 Å². The number of carbonyl (C=O) groups is 3. The van der Waals surface area contributed by atoms with Gasteiger partial charge < -0.3 is 19.9 Å². The smallest absolute Gasteiger partial charge is 0.412 e. The van der Waals surface area contributed by atoms with E-state index in [0.717, 1.165) is 5.69 Å². The van der Waals surface area contributed by atoms with Crippen LogP contribution in [0.1, 0.15) is 47.9 Å².